The Hall–Kier alpha value is -0.750. The SMILES string of the molecule is CNCC(C#N)c1ccc(Cl)cc1Cl. The Morgan fingerprint density at radius 2 is 2.21 bits per heavy atom. The summed E-state index contributed by atoms with van der Waals surface area (Å²) >= 11 is 11.7. The van der Waals surface area contributed by atoms with Crippen molar-refractivity contribution in [2.24, 2.45) is 0 Å². The molecule has 1 rings (SSSR count). The Labute approximate surface area is 93.4 Å². The molecule has 0 saturated heterocycles. The van der Waals surface area contributed by atoms with Gasteiger partial charge in [0.15, 0.2) is 0 Å². The molecule has 1 N–H and O–H groups in total. The highest BCUT2D eigenvalue weighted by molar-refractivity contribution is 6.35. The van der Waals surface area contributed by atoms with E-state index >= 15 is 0 Å². The van der Waals surface area contributed by atoms with E-state index in [4.69, 9.17) is 28.5 Å². The van der Waals surface area contributed by atoms with Crippen LogP contribution in [0.25, 0.3) is 0 Å². The highest BCUT2D eigenvalue weighted by atomic mass is 35.5. The van der Waals surface area contributed by atoms with E-state index in [0.717, 1.165) is 5.56 Å². The van der Waals surface area contributed by atoms with E-state index in [2.05, 4.69) is 11.4 Å². The zero-order valence-corrected chi connectivity index (χ0v) is 9.23. The van der Waals surface area contributed by atoms with E-state index in [1.54, 1.807) is 25.2 Å². The summed E-state index contributed by atoms with van der Waals surface area (Å²) in [5.41, 5.74) is 0.813. The van der Waals surface area contributed by atoms with Crippen LogP contribution in [0.15, 0.2) is 18.2 Å². The van der Waals surface area contributed by atoms with Gasteiger partial charge >= 0.3 is 0 Å². The molecule has 0 spiro atoms. The second-order valence-corrected chi connectivity index (χ2v) is 3.75. The molecule has 0 saturated carbocycles. The molecule has 1 atom stereocenters. The minimum atomic E-state index is -0.232. The molecule has 0 heterocycles. The summed E-state index contributed by atoms with van der Waals surface area (Å²) < 4.78 is 0. The van der Waals surface area contributed by atoms with Crippen LogP contribution in [-0.2, 0) is 0 Å². The van der Waals surface area contributed by atoms with Gasteiger partial charge in [0.25, 0.3) is 0 Å². The minimum absolute atomic E-state index is 0.232. The van der Waals surface area contributed by atoms with Gasteiger partial charge in [0.05, 0.1) is 12.0 Å². The molecule has 74 valence electrons. The first-order valence-corrected chi connectivity index (χ1v) is 4.93. The number of nitriles is 1. The van der Waals surface area contributed by atoms with E-state index in [0.29, 0.717) is 16.6 Å². The summed E-state index contributed by atoms with van der Waals surface area (Å²) in [4.78, 5) is 0. The van der Waals surface area contributed by atoms with Gasteiger partial charge in [-0.1, -0.05) is 29.3 Å². The molecule has 14 heavy (non-hydrogen) atoms. The number of rotatable bonds is 3. The third-order valence-corrected chi connectivity index (χ3v) is 2.46. The lowest BCUT2D eigenvalue weighted by molar-refractivity contribution is 0.734. The Morgan fingerprint density at radius 3 is 2.71 bits per heavy atom. The van der Waals surface area contributed by atoms with Crippen LogP contribution in [0.3, 0.4) is 0 Å². The molecule has 0 amide bonds. The maximum Gasteiger partial charge on any atom is 0.0851 e. The van der Waals surface area contributed by atoms with Crippen LogP contribution in [-0.4, -0.2) is 13.6 Å². The van der Waals surface area contributed by atoms with Crippen molar-refractivity contribution in [3.63, 3.8) is 0 Å². The molecular formula is C10H10Cl2N2. The number of hydrogen-bond acceptors (Lipinski definition) is 2. The van der Waals surface area contributed by atoms with Gasteiger partial charge < -0.3 is 5.32 Å². The average Bonchev–Trinajstić information content (AvgIpc) is 2.15. The van der Waals surface area contributed by atoms with Crippen molar-refractivity contribution in [1.82, 2.24) is 5.32 Å². The quantitative estimate of drug-likeness (QED) is 0.864. The van der Waals surface area contributed by atoms with Crippen molar-refractivity contribution in [3.8, 4) is 6.07 Å². The van der Waals surface area contributed by atoms with Gasteiger partial charge in [0.2, 0.25) is 0 Å². The molecule has 0 aromatic heterocycles. The van der Waals surface area contributed by atoms with E-state index in [1.165, 1.54) is 0 Å². The molecule has 1 aromatic carbocycles. The van der Waals surface area contributed by atoms with Crippen molar-refractivity contribution in [1.29, 1.82) is 5.26 Å². The standard InChI is InChI=1S/C10H10Cl2N2/c1-14-6-7(5-13)9-3-2-8(11)4-10(9)12/h2-4,7,14H,6H2,1H3. The lowest BCUT2D eigenvalue weighted by Gasteiger charge is -2.10. The highest BCUT2D eigenvalue weighted by Crippen LogP contribution is 2.26. The Kier molecular flexibility index (Phi) is 4.21. The minimum Gasteiger partial charge on any atom is -0.318 e. The largest absolute Gasteiger partial charge is 0.318 e. The van der Waals surface area contributed by atoms with Gasteiger partial charge in [0.1, 0.15) is 0 Å². The number of nitrogens with one attached hydrogen (secondary N) is 1. The molecule has 0 fully saturated rings. The van der Waals surface area contributed by atoms with E-state index in [1.807, 2.05) is 0 Å². The Balaban J connectivity index is 3.00. The van der Waals surface area contributed by atoms with Crippen LogP contribution in [0.1, 0.15) is 11.5 Å². The molecule has 0 bridgehead atoms. The van der Waals surface area contributed by atoms with Crippen LogP contribution in [0.5, 0.6) is 0 Å². The third-order valence-electron chi connectivity index (χ3n) is 1.90. The summed E-state index contributed by atoms with van der Waals surface area (Å²) in [5, 5.41) is 13.0. The van der Waals surface area contributed by atoms with Crippen LogP contribution in [0.4, 0.5) is 0 Å². The number of likely N-dealkylation sites (N-methyl/N-ethyl adjacent to an activating group) is 1. The second kappa shape index (κ2) is 5.21. The highest BCUT2D eigenvalue weighted by Gasteiger charge is 2.13. The van der Waals surface area contributed by atoms with E-state index < -0.39 is 0 Å². The summed E-state index contributed by atoms with van der Waals surface area (Å²) in [5.74, 6) is -0.232. The van der Waals surface area contributed by atoms with Crippen molar-refractivity contribution >= 4 is 23.2 Å². The fourth-order valence-electron chi connectivity index (χ4n) is 1.21. The molecule has 0 radical (unpaired) electrons. The molecular weight excluding hydrogens is 219 g/mol. The van der Waals surface area contributed by atoms with Crippen molar-refractivity contribution in [2.75, 3.05) is 13.6 Å². The molecule has 4 heteroatoms. The summed E-state index contributed by atoms with van der Waals surface area (Å²) in [6.07, 6.45) is 0. The molecule has 0 aliphatic rings. The van der Waals surface area contributed by atoms with Crippen LogP contribution in [0.2, 0.25) is 10.0 Å². The van der Waals surface area contributed by atoms with Crippen molar-refractivity contribution in [2.45, 2.75) is 5.92 Å². The molecule has 0 aliphatic heterocycles. The van der Waals surface area contributed by atoms with Gasteiger partial charge in [-0.05, 0) is 24.7 Å². The topological polar surface area (TPSA) is 35.8 Å². The number of nitrogens with zero attached hydrogens (tertiary/aromatic N) is 1. The fourth-order valence-corrected chi connectivity index (χ4v) is 1.75. The molecule has 0 aliphatic carbocycles. The molecule has 1 aromatic rings. The normalized spacial score (nSPS) is 12.1. The molecule has 2 nitrogen and oxygen atoms in total. The lowest BCUT2D eigenvalue weighted by atomic mass is 10.0. The molecule has 1 unspecified atom stereocenters. The first-order valence-electron chi connectivity index (χ1n) is 4.18. The fraction of sp³-hybridized carbons (Fsp3) is 0.300. The first kappa shape index (κ1) is 11.3. The predicted octanol–water partition coefficient (Wildman–Crippen LogP) is 2.82. The maximum atomic E-state index is 8.92. The zero-order valence-electron chi connectivity index (χ0n) is 7.72. The van der Waals surface area contributed by atoms with Crippen molar-refractivity contribution in [3.05, 3.63) is 33.8 Å². The number of hydrogen-bond donors (Lipinski definition) is 1. The van der Waals surface area contributed by atoms with Gasteiger partial charge in [-0.25, -0.2) is 0 Å². The van der Waals surface area contributed by atoms with Gasteiger partial charge in [-0.3, -0.25) is 0 Å². The van der Waals surface area contributed by atoms with Gasteiger partial charge in [-0.2, -0.15) is 5.26 Å². The van der Waals surface area contributed by atoms with E-state index in [-0.39, 0.29) is 5.92 Å². The summed E-state index contributed by atoms with van der Waals surface area (Å²) in [6.45, 7) is 0.581. The van der Waals surface area contributed by atoms with Gasteiger partial charge in [0, 0.05) is 16.6 Å². The second-order valence-electron chi connectivity index (χ2n) is 2.91. The lowest BCUT2D eigenvalue weighted by Crippen LogP contribution is -2.16. The van der Waals surface area contributed by atoms with Crippen LogP contribution < -0.4 is 5.32 Å². The van der Waals surface area contributed by atoms with Gasteiger partial charge in [-0.15, -0.1) is 0 Å². The monoisotopic (exact) mass is 228 g/mol. The van der Waals surface area contributed by atoms with E-state index in [9.17, 15) is 0 Å². The Morgan fingerprint density at radius 1 is 1.50 bits per heavy atom. The van der Waals surface area contributed by atoms with Crippen molar-refractivity contribution < 1.29 is 0 Å². The number of halogens is 2. The third kappa shape index (κ3) is 2.62. The summed E-state index contributed by atoms with van der Waals surface area (Å²) in [7, 11) is 1.80. The summed E-state index contributed by atoms with van der Waals surface area (Å²) in [6, 6.07) is 7.37. The van der Waals surface area contributed by atoms with Crippen LogP contribution >= 0.6 is 23.2 Å². The maximum absolute atomic E-state index is 8.92. The van der Waals surface area contributed by atoms with Crippen LogP contribution in [0, 0.1) is 11.3 Å². The predicted molar refractivity (Wildman–Crippen MR) is 58.7 cm³/mol. The number of benzene rings is 1. The first-order chi connectivity index (χ1) is 6.69. The smallest absolute Gasteiger partial charge is 0.0851 e. The Bertz CT molecular complexity index is 358. The average molecular weight is 229 g/mol. The zero-order chi connectivity index (χ0) is 10.6.